The summed E-state index contributed by atoms with van der Waals surface area (Å²) in [7, 11) is 0. The normalized spacial score (nSPS) is 27.2. The van der Waals surface area contributed by atoms with Crippen LogP contribution in [0, 0.1) is 24.1 Å². The van der Waals surface area contributed by atoms with Crippen LogP contribution in [0.3, 0.4) is 0 Å². The molecule has 2 aliphatic rings. The molecule has 8 heteroatoms. The lowest BCUT2D eigenvalue weighted by molar-refractivity contribution is -0.123. The maximum Gasteiger partial charge on any atom is 0.274 e. The second kappa shape index (κ2) is 5.26. The van der Waals surface area contributed by atoms with Gasteiger partial charge in [-0.15, -0.1) is 0 Å². The average Bonchev–Trinajstić information content (AvgIpc) is 3.07. The first-order chi connectivity index (χ1) is 11.8. The van der Waals surface area contributed by atoms with E-state index in [0.717, 1.165) is 11.3 Å². The van der Waals surface area contributed by atoms with Gasteiger partial charge in [-0.25, -0.2) is 9.37 Å². The fraction of sp³-hybridized carbons (Fsp3) is 0.294. The molecule has 1 aromatic carbocycles. The van der Waals surface area contributed by atoms with Crippen LogP contribution >= 0.6 is 11.3 Å². The molecule has 2 aromatic rings. The van der Waals surface area contributed by atoms with Gasteiger partial charge >= 0.3 is 0 Å². The molecule has 1 radical (unpaired) electrons. The first-order valence-corrected chi connectivity index (χ1v) is 8.61. The van der Waals surface area contributed by atoms with Crippen molar-refractivity contribution in [2.75, 3.05) is 12.3 Å². The van der Waals surface area contributed by atoms with Gasteiger partial charge in [0.25, 0.3) is 5.91 Å². The zero-order valence-corrected chi connectivity index (χ0v) is 14.1. The quantitative estimate of drug-likeness (QED) is 0.870. The Bertz CT molecular complexity index is 899. The van der Waals surface area contributed by atoms with Gasteiger partial charge in [0, 0.05) is 12.6 Å². The standard InChI is InChI=1S/C17H16FN4O2S/c1-8-11-6-17(11,15(19)24)7-22(8)14(23)12-13(25-16(20)21-12)9-3-2-4-10(18)5-9/h2-5,8,11H,1,6-7H2,(H2,19,24)(H2,20,21)/t8-,11+,17-/m0/s1. The summed E-state index contributed by atoms with van der Waals surface area (Å²) in [6.07, 6.45) is 0.663. The summed E-state index contributed by atoms with van der Waals surface area (Å²) in [6, 6.07) is 5.57. The van der Waals surface area contributed by atoms with Crippen LogP contribution in [0.2, 0.25) is 0 Å². The zero-order valence-electron chi connectivity index (χ0n) is 13.2. The van der Waals surface area contributed by atoms with Crippen molar-refractivity contribution in [1.29, 1.82) is 0 Å². The van der Waals surface area contributed by atoms with Crippen LogP contribution in [-0.4, -0.2) is 34.3 Å². The maximum absolute atomic E-state index is 13.5. The number of hydrogen-bond donors (Lipinski definition) is 2. The molecule has 25 heavy (non-hydrogen) atoms. The van der Waals surface area contributed by atoms with Crippen LogP contribution in [0.15, 0.2) is 24.3 Å². The van der Waals surface area contributed by atoms with E-state index in [2.05, 4.69) is 11.9 Å². The molecule has 2 heterocycles. The maximum atomic E-state index is 13.5. The number of rotatable bonds is 3. The monoisotopic (exact) mass is 359 g/mol. The summed E-state index contributed by atoms with van der Waals surface area (Å²) in [5.41, 5.74) is 11.3. The highest BCUT2D eigenvalue weighted by Crippen LogP contribution is 2.60. The molecule has 1 aliphatic carbocycles. The Kier molecular flexibility index (Phi) is 3.37. The van der Waals surface area contributed by atoms with E-state index in [1.807, 2.05) is 0 Å². The molecule has 4 N–H and O–H groups in total. The van der Waals surface area contributed by atoms with E-state index in [-0.39, 0.29) is 35.2 Å². The van der Waals surface area contributed by atoms with Crippen molar-refractivity contribution in [2.24, 2.45) is 17.1 Å². The number of aromatic nitrogens is 1. The van der Waals surface area contributed by atoms with E-state index in [1.54, 1.807) is 12.1 Å². The third-order valence-electron chi connectivity index (χ3n) is 5.14. The van der Waals surface area contributed by atoms with Gasteiger partial charge in [0.1, 0.15) is 11.5 Å². The van der Waals surface area contributed by atoms with Gasteiger partial charge in [-0.3, -0.25) is 9.59 Å². The molecule has 6 nitrogen and oxygen atoms in total. The number of fused-ring (bicyclic) bond motifs is 1. The second-order valence-corrected chi connectivity index (χ2v) is 7.60. The molecular formula is C17H16FN4O2S. The smallest absolute Gasteiger partial charge is 0.274 e. The minimum absolute atomic E-state index is 0.0115. The first kappa shape index (κ1) is 16.0. The molecular weight excluding hydrogens is 343 g/mol. The minimum atomic E-state index is -0.664. The zero-order chi connectivity index (χ0) is 17.9. The summed E-state index contributed by atoms with van der Waals surface area (Å²) in [5, 5.41) is 0.220. The van der Waals surface area contributed by atoms with Crippen LogP contribution < -0.4 is 11.5 Å². The fourth-order valence-electron chi connectivity index (χ4n) is 3.68. The number of likely N-dealkylation sites (tertiary alicyclic amines) is 1. The SMILES string of the molecule is [CH2][C@H]1[C@H]2C[C@]2(C(N)=O)CN1C(=O)c1nc(N)sc1-c1cccc(F)c1. The Morgan fingerprint density at radius 1 is 1.44 bits per heavy atom. The van der Waals surface area contributed by atoms with Crippen LogP contribution in [0.5, 0.6) is 0 Å². The van der Waals surface area contributed by atoms with Gasteiger partial charge < -0.3 is 16.4 Å². The summed E-state index contributed by atoms with van der Waals surface area (Å²) in [6.45, 7) is 4.26. The van der Waals surface area contributed by atoms with E-state index in [1.165, 1.54) is 17.0 Å². The number of piperidine rings is 1. The second-order valence-electron chi connectivity index (χ2n) is 6.57. The number of nitrogens with two attached hydrogens (primary N) is 2. The molecule has 2 fully saturated rings. The summed E-state index contributed by atoms with van der Waals surface area (Å²) >= 11 is 1.12. The lowest BCUT2D eigenvalue weighted by Gasteiger charge is -2.24. The summed E-state index contributed by atoms with van der Waals surface area (Å²) in [4.78, 5) is 30.9. The molecule has 0 bridgehead atoms. The number of halogens is 1. The van der Waals surface area contributed by atoms with Gasteiger partial charge in [0.15, 0.2) is 5.13 Å². The molecule has 1 aromatic heterocycles. The highest BCUT2D eigenvalue weighted by Gasteiger charge is 2.68. The molecule has 2 amide bonds. The minimum Gasteiger partial charge on any atom is -0.375 e. The van der Waals surface area contributed by atoms with Crippen molar-refractivity contribution in [3.8, 4) is 10.4 Å². The third-order valence-corrected chi connectivity index (χ3v) is 6.07. The molecule has 0 spiro atoms. The highest BCUT2D eigenvalue weighted by molar-refractivity contribution is 7.19. The molecule has 1 saturated heterocycles. The Labute approximate surface area is 147 Å². The number of benzene rings is 1. The van der Waals surface area contributed by atoms with Crippen molar-refractivity contribution in [2.45, 2.75) is 12.5 Å². The summed E-state index contributed by atoms with van der Waals surface area (Å²) in [5.74, 6) is -1.18. The van der Waals surface area contributed by atoms with Gasteiger partial charge in [-0.1, -0.05) is 23.5 Å². The number of hydrogen-bond acceptors (Lipinski definition) is 5. The van der Waals surface area contributed by atoms with Crippen LogP contribution in [0.1, 0.15) is 16.9 Å². The summed E-state index contributed by atoms with van der Waals surface area (Å²) < 4.78 is 13.5. The van der Waals surface area contributed by atoms with Crippen molar-refractivity contribution in [3.05, 3.63) is 42.7 Å². The molecule has 4 rings (SSSR count). The lowest BCUT2D eigenvalue weighted by atomic mass is 10.1. The van der Waals surface area contributed by atoms with Gasteiger partial charge in [0.2, 0.25) is 5.91 Å². The number of amides is 2. The predicted molar refractivity (Wildman–Crippen MR) is 91.8 cm³/mol. The average molecular weight is 359 g/mol. The van der Waals surface area contributed by atoms with E-state index < -0.39 is 17.1 Å². The number of carbonyl (C=O) groups is 2. The van der Waals surface area contributed by atoms with Crippen molar-refractivity contribution < 1.29 is 14.0 Å². The molecule has 1 saturated carbocycles. The molecule has 0 unspecified atom stereocenters. The van der Waals surface area contributed by atoms with Crippen molar-refractivity contribution in [1.82, 2.24) is 9.88 Å². The lowest BCUT2D eigenvalue weighted by Crippen LogP contribution is -2.39. The van der Waals surface area contributed by atoms with E-state index in [9.17, 15) is 14.0 Å². The number of carbonyl (C=O) groups excluding carboxylic acids is 2. The molecule has 129 valence electrons. The fourth-order valence-corrected chi connectivity index (χ4v) is 4.51. The van der Waals surface area contributed by atoms with Crippen LogP contribution in [-0.2, 0) is 4.79 Å². The number of nitrogens with zero attached hydrogens (tertiary/aromatic N) is 2. The van der Waals surface area contributed by atoms with Gasteiger partial charge in [-0.05, 0) is 37.0 Å². The largest absolute Gasteiger partial charge is 0.375 e. The number of thiazole rings is 1. The van der Waals surface area contributed by atoms with E-state index >= 15 is 0 Å². The molecule has 3 atom stereocenters. The Hall–Kier alpha value is -2.48. The van der Waals surface area contributed by atoms with Crippen molar-refractivity contribution in [3.63, 3.8) is 0 Å². The first-order valence-electron chi connectivity index (χ1n) is 7.80. The molecule has 1 aliphatic heterocycles. The van der Waals surface area contributed by atoms with Gasteiger partial charge in [0.05, 0.1) is 10.3 Å². The van der Waals surface area contributed by atoms with Crippen LogP contribution in [0.4, 0.5) is 9.52 Å². The Morgan fingerprint density at radius 2 is 2.20 bits per heavy atom. The Balaban J connectivity index is 1.69. The predicted octanol–water partition coefficient (Wildman–Crippen LogP) is 1.68. The van der Waals surface area contributed by atoms with Crippen LogP contribution in [0.25, 0.3) is 10.4 Å². The topological polar surface area (TPSA) is 102 Å². The number of anilines is 1. The Morgan fingerprint density at radius 3 is 2.84 bits per heavy atom. The third kappa shape index (κ3) is 2.31. The van der Waals surface area contributed by atoms with Gasteiger partial charge in [-0.2, -0.15) is 0 Å². The highest BCUT2D eigenvalue weighted by atomic mass is 32.1. The number of nitrogen functional groups attached to an aromatic ring is 1. The van der Waals surface area contributed by atoms with E-state index in [4.69, 9.17) is 11.5 Å². The van der Waals surface area contributed by atoms with E-state index in [0.29, 0.717) is 16.9 Å². The number of primary amides is 1. The van der Waals surface area contributed by atoms with Crippen molar-refractivity contribution >= 4 is 28.3 Å².